The number of aliphatic hydroxyl groups is 1. The molecule has 0 unspecified atom stereocenters. The molecule has 2 heterocycles. The first kappa shape index (κ1) is 24.4. The highest BCUT2D eigenvalue weighted by Crippen LogP contribution is 2.33. The van der Waals surface area contributed by atoms with Crippen LogP contribution in [0, 0.1) is 5.92 Å². The first-order valence-electron chi connectivity index (χ1n) is 11.7. The molecule has 0 amide bonds. The lowest BCUT2D eigenvalue weighted by Crippen LogP contribution is -2.37. The minimum absolute atomic E-state index is 0.0956. The van der Waals surface area contributed by atoms with E-state index >= 15 is 0 Å². The molecule has 0 bridgehead atoms. The maximum Gasteiger partial charge on any atom is 0.224 e. The SMILES string of the molecule is CC(C)(O)C1CCC(Nc2nccc(-n3ncc4c(OCCCS(C)(=O)=O)cccc43)n2)CC1. The van der Waals surface area contributed by atoms with E-state index in [1.165, 1.54) is 6.26 Å². The fraction of sp³-hybridized carbons (Fsp3) is 0.542. The first-order chi connectivity index (χ1) is 16.1. The van der Waals surface area contributed by atoms with Gasteiger partial charge in [0.15, 0.2) is 5.82 Å². The van der Waals surface area contributed by atoms with Crippen molar-refractivity contribution < 1.29 is 18.3 Å². The van der Waals surface area contributed by atoms with Crippen molar-refractivity contribution in [3.63, 3.8) is 0 Å². The lowest BCUT2D eigenvalue weighted by molar-refractivity contribution is -0.000415. The third-order valence-corrected chi connectivity index (χ3v) is 7.44. The molecule has 9 nitrogen and oxygen atoms in total. The Morgan fingerprint density at radius 2 is 1.97 bits per heavy atom. The third kappa shape index (κ3) is 6.04. The zero-order chi connectivity index (χ0) is 24.3. The second-order valence-electron chi connectivity index (χ2n) is 9.66. The highest BCUT2D eigenvalue weighted by molar-refractivity contribution is 7.90. The molecule has 2 N–H and O–H groups in total. The van der Waals surface area contributed by atoms with Gasteiger partial charge in [0.05, 0.1) is 35.1 Å². The van der Waals surface area contributed by atoms with Crippen molar-refractivity contribution in [2.75, 3.05) is 23.9 Å². The number of hydrogen-bond acceptors (Lipinski definition) is 8. The Bertz CT molecular complexity index is 1230. The Morgan fingerprint density at radius 1 is 1.21 bits per heavy atom. The van der Waals surface area contributed by atoms with Gasteiger partial charge < -0.3 is 15.2 Å². The van der Waals surface area contributed by atoms with Gasteiger partial charge in [-0.3, -0.25) is 0 Å². The van der Waals surface area contributed by atoms with Gasteiger partial charge in [-0.05, 0) is 64.0 Å². The summed E-state index contributed by atoms with van der Waals surface area (Å²) in [6.45, 7) is 4.09. The second-order valence-corrected chi connectivity index (χ2v) is 11.9. The number of aromatic nitrogens is 4. The summed E-state index contributed by atoms with van der Waals surface area (Å²) in [5.41, 5.74) is 0.203. The monoisotopic (exact) mass is 487 g/mol. The molecule has 1 aliphatic rings. The molecule has 0 saturated heterocycles. The van der Waals surface area contributed by atoms with Crippen LogP contribution in [0.2, 0.25) is 0 Å². The fourth-order valence-electron chi connectivity index (χ4n) is 4.50. The van der Waals surface area contributed by atoms with E-state index in [0.717, 1.165) is 36.6 Å². The van der Waals surface area contributed by atoms with Crippen molar-refractivity contribution in [2.45, 2.75) is 57.6 Å². The van der Waals surface area contributed by atoms with Gasteiger partial charge in [0.25, 0.3) is 0 Å². The zero-order valence-corrected chi connectivity index (χ0v) is 20.8. The van der Waals surface area contributed by atoms with Crippen LogP contribution in [-0.2, 0) is 9.84 Å². The molecule has 2 aromatic heterocycles. The summed E-state index contributed by atoms with van der Waals surface area (Å²) in [5.74, 6) is 2.27. The molecule has 4 rings (SSSR count). The van der Waals surface area contributed by atoms with Gasteiger partial charge in [-0.1, -0.05) is 6.07 Å². The normalized spacial score (nSPS) is 19.3. The van der Waals surface area contributed by atoms with E-state index < -0.39 is 15.4 Å². The average molecular weight is 488 g/mol. The van der Waals surface area contributed by atoms with E-state index in [4.69, 9.17) is 4.74 Å². The van der Waals surface area contributed by atoms with Crippen molar-refractivity contribution >= 4 is 26.7 Å². The molecule has 1 fully saturated rings. The van der Waals surface area contributed by atoms with Crippen molar-refractivity contribution in [3.8, 4) is 11.6 Å². The van der Waals surface area contributed by atoms with Crippen molar-refractivity contribution in [1.29, 1.82) is 0 Å². The molecule has 0 atom stereocenters. The summed E-state index contributed by atoms with van der Waals surface area (Å²) in [5, 5.41) is 19.1. The molecule has 34 heavy (non-hydrogen) atoms. The molecular weight excluding hydrogens is 454 g/mol. The van der Waals surface area contributed by atoms with Crippen LogP contribution in [0.25, 0.3) is 16.7 Å². The van der Waals surface area contributed by atoms with E-state index in [-0.39, 0.29) is 11.8 Å². The summed E-state index contributed by atoms with van der Waals surface area (Å²) >= 11 is 0. The molecule has 10 heteroatoms. The summed E-state index contributed by atoms with van der Waals surface area (Å²) < 4.78 is 30.2. The number of sulfone groups is 1. The number of anilines is 1. The molecule has 1 aromatic carbocycles. The Morgan fingerprint density at radius 3 is 2.68 bits per heavy atom. The lowest BCUT2D eigenvalue weighted by atomic mass is 9.77. The minimum Gasteiger partial charge on any atom is -0.493 e. The molecule has 3 aromatic rings. The number of fused-ring (bicyclic) bond motifs is 1. The maximum atomic E-state index is 11.3. The van der Waals surface area contributed by atoms with Crippen LogP contribution in [0.4, 0.5) is 5.95 Å². The third-order valence-electron chi connectivity index (χ3n) is 6.41. The average Bonchev–Trinajstić information content (AvgIpc) is 3.21. The molecule has 0 spiro atoms. The van der Waals surface area contributed by atoms with Crippen LogP contribution < -0.4 is 10.1 Å². The predicted molar refractivity (Wildman–Crippen MR) is 132 cm³/mol. The van der Waals surface area contributed by atoms with Gasteiger partial charge in [0, 0.05) is 24.6 Å². The Labute approximate surface area is 200 Å². The van der Waals surface area contributed by atoms with E-state index in [2.05, 4.69) is 20.4 Å². The van der Waals surface area contributed by atoms with Crippen molar-refractivity contribution in [1.82, 2.24) is 19.7 Å². The minimum atomic E-state index is -3.01. The largest absolute Gasteiger partial charge is 0.493 e. The summed E-state index contributed by atoms with van der Waals surface area (Å²) in [6, 6.07) is 7.76. The molecule has 1 saturated carbocycles. The number of rotatable bonds is 9. The van der Waals surface area contributed by atoms with Crippen LogP contribution >= 0.6 is 0 Å². The van der Waals surface area contributed by atoms with Crippen LogP contribution in [0.15, 0.2) is 36.7 Å². The number of nitrogens with one attached hydrogen (secondary N) is 1. The van der Waals surface area contributed by atoms with Gasteiger partial charge in [0.2, 0.25) is 5.95 Å². The molecular formula is C24H33N5O4S. The Hall–Kier alpha value is -2.72. The van der Waals surface area contributed by atoms with Crippen LogP contribution in [-0.4, -0.2) is 63.5 Å². The number of hydrogen-bond donors (Lipinski definition) is 2. The van der Waals surface area contributed by atoms with Crippen LogP contribution in [0.1, 0.15) is 46.0 Å². The smallest absolute Gasteiger partial charge is 0.224 e. The van der Waals surface area contributed by atoms with E-state index in [9.17, 15) is 13.5 Å². The highest BCUT2D eigenvalue weighted by Gasteiger charge is 2.31. The summed E-state index contributed by atoms with van der Waals surface area (Å²) in [4.78, 5) is 9.07. The predicted octanol–water partition coefficient (Wildman–Crippen LogP) is 3.37. The van der Waals surface area contributed by atoms with Gasteiger partial charge in [-0.25, -0.2) is 18.1 Å². The van der Waals surface area contributed by atoms with Gasteiger partial charge in [0.1, 0.15) is 15.6 Å². The maximum absolute atomic E-state index is 11.3. The van der Waals surface area contributed by atoms with E-state index in [1.54, 1.807) is 17.1 Å². The van der Waals surface area contributed by atoms with Gasteiger partial charge in [-0.15, -0.1) is 0 Å². The van der Waals surface area contributed by atoms with Gasteiger partial charge in [-0.2, -0.15) is 10.1 Å². The molecule has 184 valence electrons. The van der Waals surface area contributed by atoms with Crippen molar-refractivity contribution in [3.05, 3.63) is 36.7 Å². The van der Waals surface area contributed by atoms with Crippen molar-refractivity contribution in [2.24, 2.45) is 5.92 Å². The number of benzene rings is 1. The lowest BCUT2D eigenvalue weighted by Gasteiger charge is -2.36. The first-order valence-corrected chi connectivity index (χ1v) is 13.8. The Kier molecular flexibility index (Phi) is 7.09. The highest BCUT2D eigenvalue weighted by atomic mass is 32.2. The quantitative estimate of drug-likeness (QED) is 0.441. The second kappa shape index (κ2) is 9.87. The fourth-order valence-corrected chi connectivity index (χ4v) is 5.14. The van der Waals surface area contributed by atoms with E-state index in [1.807, 2.05) is 38.1 Å². The molecule has 0 aliphatic heterocycles. The van der Waals surface area contributed by atoms with E-state index in [0.29, 0.717) is 36.5 Å². The molecule has 1 aliphatic carbocycles. The van der Waals surface area contributed by atoms with Crippen LogP contribution in [0.5, 0.6) is 5.75 Å². The number of ether oxygens (including phenoxy) is 1. The summed E-state index contributed by atoms with van der Waals surface area (Å²) in [6.07, 6.45) is 8.97. The number of nitrogens with zero attached hydrogens (tertiary/aromatic N) is 4. The Balaban J connectivity index is 1.45. The topological polar surface area (TPSA) is 119 Å². The standard InChI is InChI=1S/C24H33N5O4S/c1-24(2,30)17-8-10-18(11-9-17)27-23-25-13-12-22(28-23)29-20-6-4-7-21(19(20)16-26-29)33-14-5-15-34(3,31)32/h4,6-7,12-13,16-18,30H,5,8-11,14-15H2,1-3H3,(H,25,27,28). The molecule has 0 radical (unpaired) electrons. The van der Waals surface area contributed by atoms with Crippen LogP contribution in [0.3, 0.4) is 0 Å². The van der Waals surface area contributed by atoms with Gasteiger partial charge >= 0.3 is 0 Å². The zero-order valence-electron chi connectivity index (χ0n) is 19.9. The summed E-state index contributed by atoms with van der Waals surface area (Å²) in [7, 11) is -3.01.